The van der Waals surface area contributed by atoms with E-state index in [1.165, 1.54) is 43.5 Å². The van der Waals surface area contributed by atoms with Gasteiger partial charge in [-0.05, 0) is 49.4 Å². The molecule has 1 heterocycles. The zero-order valence-corrected chi connectivity index (χ0v) is 10.6. The fourth-order valence-electron chi connectivity index (χ4n) is 3.56. The molecule has 1 aliphatic carbocycles. The summed E-state index contributed by atoms with van der Waals surface area (Å²) < 4.78 is 0. The smallest absolute Gasteiger partial charge is 0.0456 e. The van der Waals surface area contributed by atoms with Crippen molar-refractivity contribution in [2.75, 3.05) is 13.1 Å². The Kier molecular flexibility index (Phi) is 2.93. The molecule has 1 aromatic carbocycles. The van der Waals surface area contributed by atoms with Gasteiger partial charge in [0.15, 0.2) is 0 Å². The molecule has 2 N–H and O–H groups in total. The molecule has 1 aliphatic heterocycles. The van der Waals surface area contributed by atoms with E-state index in [0.29, 0.717) is 12.0 Å². The van der Waals surface area contributed by atoms with Gasteiger partial charge in [-0.1, -0.05) is 31.2 Å². The Labute approximate surface area is 104 Å². The Morgan fingerprint density at radius 1 is 1.12 bits per heavy atom. The number of rotatable bonds is 1. The summed E-state index contributed by atoms with van der Waals surface area (Å²) in [6.45, 7) is 4.83. The lowest BCUT2D eigenvalue weighted by molar-refractivity contribution is 0.181. The lowest BCUT2D eigenvalue weighted by atomic mass is 9.78. The van der Waals surface area contributed by atoms with Crippen LogP contribution in [0.5, 0.6) is 0 Å². The summed E-state index contributed by atoms with van der Waals surface area (Å²) in [5, 5.41) is 0. The Hall–Kier alpha value is -0.860. The van der Waals surface area contributed by atoms with Gasteiger partial charge >= 0.3 is 0 Å². The molecule has 2 aliphatic rings. The molecule has 0 bridgehead atoms. The van der Waals surface area contributed by atoms with E-state index in [0.717, 1.165) is 0 Å². The topological polar surface area (TPSA) is 29.3 Å². The molecule has 0 radical (unpaired) electrons. The van der Waals surface area contributed by atoms with E-state index < -0.39 is 0 Å². The molecule has 0 amide bonds. The number of likely N-dealkylation sites (tertiary alicyclic amines) is 1. The average Bonchev–Trinajstić information content (AvgIpc) is 2.87. The van der Waals surface area contributed by atoms with Crippen LogP contribution in [-0.4, -0.2) is 24.0 Å². The van der Waals surface area contributed by atoms with E-state index in [2.05, 4.69) is 36.1 Å². The predicted octanol–water partition coefficient (Wildman–Crippen LogP) is 2.66. The lowest BCUT2D eigenvalue weighted by Gasteiger charge is -2.40. The van der Waals surface area contributed by atoms with E-state index in [9.17, 15) is 0 Å². The second kappa shape index (κ2) is 4.43. The third-order valence-electron chi connectivity index (χ3n) is 4.51. The molecular weight excluding hydrogens is 208 g/mol. The van der Waals surface area contributed by atoms with Crippen LogP contribution in [0.1, 0.15) is 49.3 Å². The molecule has 0 saturated carbocycles. The Morgan fingerprint density at radius 3 is 2.47 bits per heavy atom. The van der Waals surface area contributed by atoms with Crippen LogP contribution in [-0.2, 0) is 0 Å². The van der Waals surface area contributed by atoms with Crippen molar-refractivity contribution in [3.8, 4) is 0 Å². The van der Waals surface area contributed by atoms with Crippen molar-refractivity contribution < 1.29 is 0 Å². The minimum absolute atomic E-state index is 0.209. The van der Waals surface area contributed by atoms with Crippen LogP contribution in [0.3, 0.4) is 0 Å². The van der Waals surface area contributed by atoms with Crippen LogP contribution in [0.4, 0.5) is 0 Å². The van der Waals surface area contributed by atoms with Crippen molar-refractivity contribution in [2.24, 2.45) is 5.73 Å². The summed E-state index contributed by atoms with van der Waals surface area (Å²) in [6.07, 6.45) is 3.91. The molecule has 3 atom stereocenters. The summed E-state index contributed by atoms with van der Waals surface area (Å²) in [6, 6.07) is 9.50. The highest BCUT2D eigenvalue weighted by Crippen LogP contribution is 2.39. The molecule has 17 heavy (non-hydrogen) atoms. The molecule has 1 saturated heterocycles. The van der Waals surface area contributed by atoms with Crippen molar-refractivity contribution in [2.45, 2.75) is 44.2 Å². The van der Waals surface area contributed by atoms with E-state index >= 15 is 0 Å². The molecule has 3 unspecified atom stereocenters. The molecular formula is C15H22N2. The van der Waals surface area contributed by atoms with Crippen molar-refractivity contribution in [3.63, 3.8) is 0 Å². The predicted molar refractivity (Wildman–Crippen MR) is 71.0 cm³/mol. The molecule has 1 aromatic rings. The first-order chi connectivity index (χ1) is 8.27. The first-order valence-corrected chi connectivity index (χ1v) is 6.86. The number of fused-ring (bicyclic) bond motifs is 1. The van der Waals surface area contributed by atoms with Gasteiger partial charge in [0.05, 0.1) is 0 Å². The van der Waals surface area contributed by atoms with Gasteiger partial charge in [-0.2, -0.15) is 0 Å². The number of hydrogen-bond donors (Lipinski definition) is 1. The quantitative estimate of drug-likeness (QED) is 0.803. The van der Waals surface area contributed by atoms with E-state index in [-0.39, 0.29) is 6.04 Å². The van der Waals surface area contributed by atoms with Gasteiger partial charge in [-0.15, -0.1) is 0 Å². The van der Waals surface area contributed by atoms with Crippen LogP contribution in [0, 0.1) is 0 Å². The first-order valence-electron chi connectivity index (χ1n) is 6.86. The number of hydrogen-bond acceptors (Lipinski definition) is 2. The maximum Gasteiger partial charge on any atom is 0.0456 e. The summed E-state index contributed by atoms with van der Waals surface area (Å²) >= 11 is 0. The van der Waals surface area contributed by atoms with Crippen LogP contribution in [0.2, 0.25) is 0 Å². The SMILES string of the molecule is CC1CC(N2CCCC2)C(N)c2ccccc21. The van der Waals surface area contributed by atoms with Crippen LogP contribution in [0.25, 0.3) is 0 Å². The highest BCUT2D eigenvalue weighted by atomic mass is 15.2. The Morgan fingerprint density at radius 2 is 1.76 bits per heavy atom. The Bertz CT molecular complexity index is 396. The fraction of sp³-hybridized carbons (Fsp3) is 0.600. The molecule has 0 aromatic heterocycles. The second-order valence-electron chi connectivity index (χ2n) is 5.60. The molecule has 92 valence electrons. The van der Waals surface area contributed by atoms with E-state index in [1.807, 2.05) is 0 Å². The van der Waals surface area contributed by atoms with Crippen molar-refractivity contribution in [1.82, 2.24) is 4.90 Å². The highest BCUT2D eigenvalue weighted by molar-refractivity contribution is 5.36. The van der Waals surface area contributed by atoms with Gasteiger partial charge < -0.3 is 5.73 Å². The third-order valence-corrected chi connectivity index (χ3v) is 4.51. The summed E-state index contributed by atoms with van der Waals surface area (Å²) in [5.41, 5.74) is 9.34. The standard InChI is InChI=1S/C15H22N2/c1-11-10-14(17-8-4-5-9-17)15(16)13-7-3-2-6-12(11)13/h2-3,6-7,11,14-15H,4-5,8-10,16H2,1H3. The van der Waals surface area contributed by atoms with Crippen molar-refractivity contribution >= 4 is 0 Å². The van der Waals surface area contributed by atoms with Crippen LogP contribution in [0.15, 0.2) is 24.3 Å². The number of nitrogens with two attached hydrogens (primary N) is 1. The molecule has 2 heteroatoms. The zero-order valence-electron chi connectivity index (χ0n) is 10.6. The molecule has 1 fully saturated rings. The molecule has 3 rings (SSSR count). The number of nitrogens with zero attached hydrogens (tertiary/aromatic N) is 1. The van der Waals surface area contributed by atoms with Gasteiger partial charge in [-0.25, -0.2) is 0 Å². The Balaban J connectivity index is 1.91. The molecule has 2 nitrogen and oxygen atoms in total. The van der Waals surface area contributed by atoms with Gasteiger partial charge in [0.2, 0.25) is 0 Å². The second-order valence-corrected chi connectivity index (χ2v) is 5.60. The van der Waals surface area contributed by atoms with Gasteiger partial charge in [0.1, 0.15) is 0 Å². The first kappa shape index (κ1) is 11.2. The number of benzene rings is 1. The minimum Gasteiger partial charge on any atom is -0.323 e. The van der Waals surface area contributed by atoms with Crippen molar-refractivity contribution in [3.05, 3.63) is 35.4 Å². The van der Waals surface area contributed by atoms with Crippen molar-refractivity contribution in [1.29, 1.82) is 0 Å². The van der Waals surface area contributed by atoms with Gasteiger partial charge in [0.25, 0.3) is 0 Å². The van der Waals surface area contributed by atoms with Gasteiger partial charge in [-0.3, -0.25) is 4.90 Å². The summed E-state index contributed by atoms with van der Waals surface area (Å²) in [7, 11) is 0. The van der Waals surface area contributed by atoms with Gasteiger partial charge in [0, 0.05) is 12.1 Å². The van der Waals surface area contributed by atoms with E-state index in [1.54, 1.807) is 0 Å². The van der Waals surface area contributed by atoms with E-state index in [4.69, 9.17) is 5.73 Å². The minimum atomic E-state index is 0.209. The monoisotopic (exact) mass is 230 g/mol. The summed E-state index contributed by atoms with van der Waals surface area (Å²) in [4.78, 5) is 2.61. The largest absolute Gasteiger partial charge is 0.323 e. The zero-order chi connectivity index (χ0) is 11.8. The fourth-order valence-corrected chi connectivity index (χ4v) is 3.56. The lowest BCUT2D eigenvalue weighted by Crippen LogP contribution is -2.44. The highest BCUT2D eigenvalue weighted by Gasteiger charge is 2.35. The third kappa shape index (κ3) is 1.90. The molecule has 0 spiro atoms. The summed E-state index contributed by atoms with van der Waals surface area (Å²) in [5.74, 6) is 0.650. The normalized spacial score (nSPS) is 33.6. The van der Waals surface area contributed by atoms with Crippen LogP contribution < -0.4 is 5.73 Å². The van der Waals surface area contributed by atoms with Crippen LogP contribution >= 0.6 is 0 Å². The maximum absolute atomic E-state index is 6.49. The average molecular weight is 230 g/mol. The maximum atomic E-state index is 6.49.